The first-order valence-electron chi connectivity index (χ1n) is 8.56. The molecule has 0 radical (unpaired) electrons. The highest BCUT2D eigenvalue weighted by atomic mass is 32.2. The largest absolute Gasteiger partial charge is 0.414 e. The standard InChI is InChI=1S/C20H22F2N2O4S/c1-11-7-13(21)15(27-19(25)23(3)4)9-17(11)29-18-10-16(14(22)8-12(18)2)28-20(26)24(5)6/h7-10H,1-6H3. The quantitative estimate of drug-likeness (QED) is 0.702. The molecule has 6 nitrogen and oxygen atoms in total. The summed E-state index contributed by atoms with van der Waals surface area (Å²) in [6.07, 6.45) is -1.42. The van der Waals surface area contributed by atoms with Crippen LogP contribution in [0.2, 0.25) is 0 Å². The molecule has 2 rings (SSSR count). The molecule has 0 spiro atoms. The van der Waals surface area contributed by atoms with E-state index in [1.54, 1.807) is 13.8 Å². The first-order chi connectivity index (χ1) is 13.5. The summed E-state index contributed by atoms with van der Waals surface area (Å²) in [5.74, 6) is -1.76. The van der Waals surface area contributed by atoms with Crippen LogP contribution in [0.3, 0.4) is 0 Å². The van der Waals surface area contributed by atoms with Crippen LogP contribution in [-0.4, -0.2) is 50.2 Å². The van der Waals surface area contributed by atoms with Gasteiger partial charge >= 0.3 is 12.2 Å². The Balaban J connectivity index is 2.38. The predicted molar refractivity (Wildman–Crippen MR) is 106 cm³/mol. The highest BCUT2D eigenvalue weighted by Crippen LogP contribution is 2.38. The Hall–Kier alpha value is -2.81. The first-order valence-corrected chi connectivity index (χ1v) is 9.37. The molecule has 0 heterocycles. The zero-order chi connectivity index (χ0) is 21.9. The van der Waals surface area contributed by atoms with Gasteiger partial charge in [0.1, 0.15) is 0 Å². The molecule has 2 aromatic carbocycles. The lowest BCUT2D eigenvalue weighted by Gasteiger charge is -2.15. The summed E-state index contributed by atoms with van der Waals surface area (Å²) in [6.45, 7) is 3.41. The van der Waals surface area contributed by atoms with Gasteiger partial charge in [-0.3, -0.25) is 0 Å². The van der Waals surface area contributed by atoms with Crippen LogP contribution in [0.4, 0.5) is 18.4 Å². The van der Waals surface area contributed by atoms with E-state index in [9.17, 15) is 18.4 Å². The second-order valence-corrected chi connectivity index (χ2v) is 7.81. The molecule has 0 aromatic heterocycles. The smallest absolute Gasteiger partial charge is 0.407 e. The number of rotatable bonds is 4. The Bertz CT molecular complexity index is 873. The van der Waals surface area contributed by atoms with E-state index in [0.717, 1.165) is 0 Å². The van der Waals surface area contributed by atoms with Crippen molar-refractivity contribution in [3.05, 3.63) is 47.0 Å². The Morgan fingerprint density at radius 3 is 1.41 bits per heavy atom. The van der Waals surface area contributed by atoms with Crippen molar-refractivity contribution in [2.75, 3.05) is 28.2 Å². The highest BCUT2D eigenvalue weighted by molar-refractivity contribution is 7.99. The van der Waals surface area contributed by atoms with E-state index in [-0.39, 0.29) is 11.5 Å². The first kappa shape index (κ1) is 22.5. The molecule has 0 atom stereocenters. The maximum Gasteiger partial charge on any atom is 0.414 e. The van der Waals surface area contributed by atoms with E-state index in [1.807, 2.05) is 0 Å². The van der Waals surface area contributed by atoms with Crippen molar-refractivity contribution < 1.29 is 27.8 Å². The van der Waals surface area contributed by atoms with Gasteiger partial charge in [-0.05, 0) is 49.2 Å². The van der Waals surface area contributed by atoms with Gasteiger partial charge in [0.15, 0.2) is 23.1 Å². The molecule has 0 aliphatic carbocycles. The van der Waals surface area contributed by atoms with Gasteiger partial charge in [0.25, 0.3) is 0 Å². The lowest BCUT2D eigenvalue weighted by atomic mass is 10.2. The predicted octanol–water partition coefficient (Wildman–Crippen LogP) is 4.85. The van der Waals surface area contributed by atoms with Crippen LogP contribution in [-0.2, 0) is 0 Å². The average molecular weight is 424 g/mol. The van der Waals surface area contributed by atoms with Crippen LogP contribution in [0.5, 0.6) is 11.5 Å². The van der Waals surface area contributed by atoms with E-state index < -0.39 is 23.8 Å². The molecule has 0 bridgehead atoms. The minimum Gasteiger partial charge on any atom is -0.407 e. The monoisotopic (exact) mass is 424 g/mol. The van der Waals surface area contributed by atoms with E-state index >= 15 is 0 Å². The molecule has 9 heteroatoms. The third-order valence-electron chi connectivity index (χ3n) is 3.80. The van der Waals surface area contributed by atoms with Crippen molar-refractivity contribution >= 4 is 23.9 Å². The molecule has 0 N–H and O–H groups in total. The number of benzene rings is 2. The normalized spacial score (nSPS) is 10.5. The third kappa shape index (κ3) is 5.60. The fourth-order valence-electron chi connectivity index (χ4n) is 2.13. The molecule has 0 saturated heterocycles. The number of hydrogen-bond donors (Lipinski definition) is 0. The summed E-state index contributed by atoms with van der Waals surface area (Å²) in [5, 5.41) is 0. The van der Waals surface area contributed by atoms with Crippen LogP contribution in [0.15, 0.2) is 34.1 Å². The van der Waals surface area contributed by atoms with Gasteiger partial charge in [-0.1, -0.05) is 11.8 Å². The second-order valence-electron chi connectivity index (χ2n) is 6.72. The van der Waals surface area contributed by atoms with Crippen molar-refractivity contribution in [2.45, 2.75) is 23.6 Å². The zero-order valence-corrected chi connectivity index (χ0v) is 17.8. The van der Waals surface area contributed by atoms with E-state index in [2.05, 4.69) is 0 Å². The Labute approximate surface area is 172 Å². The van der Waals surface area contributed by atoms with Crippen LogP contribution in [0.1, 0.15) is 11.1 Å². The van der Waals surface area contributed by atoms with Gasteiger partial charge in [0.2, 0.25) is 0 Å². The summed E-state index contributed by atoms with van der Waals surface area (Å²) >= 11 is 1.21. The molecule has 29 heavy (non-hydrogen) atoms. The second kappa shape index (κ2) is 9.13. The molecule has 0 aliphatic heterocycles. The summed E-state index contributed by atoms with van der Waals surface area (Å²) < 4.78 is 38.5. The fraction of sp³-hybridized carbons (Fsp3) is 0.300. The topological polar surface area (TPSA) is 59.1 Å². The summed E-state index contributed by atoms with van der Waals surface area (Å²) in [4.78, 5) is 27.1. The van der Waals surface area contributed by atoms with Crippen molar-refractivity contribution in [1.82, 2.24) is 9.80 Å². The van der Waals surface area contributed by atoms with E-state index in [0.29, 0.717) is 20.9 Å². The molecule has 0 fully saturated rings. The molecule has 156 valence electrons. The van der Waals surface area contributed by atoms with Crippen LogP contribution in [0, 0.1) is 25.5 Å². The van der Waals surface area contributed by atoms with Crippen LogP contribution < -0.4 is 9.47 Å². The van der Waals surface area contributed by atoms with Crippen LogP contribution >= 0.6 is 11.8 Å². The minimum absolute atomic E-state index is 0.212. The minimum atomic E-state index is -0.709. The SMILES string of the molecule is Cc1cc(F)c(OC(=O)N(C)C)cc1Sc1cc(OC(=O)N(C)C)c(F)cc1C. The lowest BCUT2D eigenvalue weighted by molar-refractivity contribution is 0.169. The zero-order valence-electron chi connectivity index (χ0n) is 17.0. The van der Waals surface area contributed by atoms with Crippen molar-refractivity contribution in [2.24, 2.45) is 0 Å². The van der Waals surface area contributed by atoms with Crippen molar-refractivity contribution in [3.63, 3.8) is 0 Å². The Morgan fingerprint density at radius 2 is 1.10 bits per heavy atom. The van der Waals surface area contributed by atoms with Crippen LogP contribution in [0.25, 0.3) is 0 Å². The molecule has 0 aliphatic rings. The fourth-order valence-corrected chi connectivity index (χ4v) is 3.14. The highest BCUT2D eigenvalue weighted by Gasteiger charge is 2.18. The number of nitrogens with zero attached hydrogens (tertiary/aromatic N) is 2. The lowest BCUT2D eigenvalue weighted by Crippen LogP contribution is -2.25. The average Bonchev–Trinajstić information content (AvgIpc) is 2.62. The van der Waals surface area contributed by atoms with Gasteiger partial charge in [-0.2, -0.15) is 0 Å². The number of hydrogen-bond acceptors (Lipinski definition) is 5. The molecular formula is C20H22F2N2O4S. The number of carbonyl (C=O) groups excluding carboxylic acids is 2. The summed E-state index contributed by atoms with van der Waals surface area (Å²) in [6, 6.07) is 5.33. The Morgan fingerprint density at radius 1 is 0.759 bits per heavy atom. The van der Waals surface area contributed by atoms with E-state index in [4.69, 9.17) is 9.47 Å². The van der Waals surface area contributed by atoms with Gasteiger partial charge in [0, 0.05) is 38.0 Å². The van der Waals surface area contributed by atoms with Gasteiger partial charge in [0.05, 0.1) is 0 Å². The summed E-state index contributed by atoms with van der Waals surface area (Å²) in [5.41, 5.74) is 1.21. The maximum atomic E-state index is 14.2. The van der Waals surface area contributed by atoms with Gasteiger partial charge in [-0.15, -0.1) is 0 Å². The van der Waals surface area contributed by atoms with Crippen molar-refractivity contribution in [3.8, 4) is 11.5 Å². The van der Waals surface area contributed by atoms with E-state index in [1.165, 1.54) is 74.0 Å². The molecular weight excluding hydrogens is 402 g/mol. The Kier molecular flexibility index (Phi) is 7.07. The van der Waals surface area contributed by atoms with Gasteiger partial charge < -0.3 is 19.3 Å². The summed E-state index contributed by atoms with van der Waals surface area (Å²) in [7, 11) is 5.95. The number of aryl methyl sites for hydroxylation is 2. The molecule has 2 amide bonds. The van der Waals surface area contributed by atoms with Gasteiger partial charge in [-0.25, -0.2) is 18.4 Å². The number of amides is 2. The number of ether oxygens (including phenoxy) is 2. The molecule has 0 unspecified atom stereocenters. The maximum absolute atomic E-state index is 14.2. The number of carbonyl (C=O) groups is 2. The third-order valence-corrected chi connectivity index (χ3v) is 5.12. The molecule has 0 saturated carbocycles. The number of halogens is 2. The molecule has 2 aromatic rings. The van der Waals surface area contributed by atoms with Crippen molar-refractivity contribution in [1.29, 1.82) is 0 Å².